The molecule has 0 unspecified atom stereocenters. The normalized spacial score (nSPS) is 10.6. The molecule has 1 aromatic heterocycles. The van der Waals surface area contributed by atoms with E-state index in [4.69, 9.17) is 23.2 Å². The van der Waals surface area contributed by atoms with E-state index in [1.165, 1.54) is 0 Å². The number of amides is 1. The summed E-state index contributed by atoms with van der Waals surface area (Å²) in [5, 5.41) is 3.34. The van der Waals surface area contributed by atoms with Gasteiger partial charge in [0.1, 0.15) is 10.3 Å². The maximum Gasteiger partial charge on any atom is 0.233 e. The molecule has 4 nitrogen and oxygen atoms in total. The summed E-state index contributed by atoms with van der Waals surface area (Å²) in [5.41, 5.74) is 0.863. The molecule has 0 aromatic carbocycles. The highest BCUT2D eigenvalue weighted by Gasteiger charge is 2.11. The Kier molecular flexibility index (Phi) is 5.68. The van der Waals surface area contributed by atoms with Gasteiger partial charge in [-0.1, -0.05) is 36.2 Å². The van der Waals surface area contributed by atoms with Crippen LogP contribution in [-0.2, 0) is 11.3 Å². The Morgan fingerprint density at radius 1 is 1.47 bits per heavy atom. The van der Waals surface area contributed by atoms with Gasteiger partial charge in [0, 0.05) is 19.2 Å². The summed E-state index contributed by atoms with van der Waals surface area (Å²) in [7, 11) is 1.62. The Balaban J connectivity index is 2.70. The van der Waals surface area contributed by atoms with Crippen LogP contribution >= 0.6 is 23.2 Å². The lowest BCUT2D eigenvalue weighted by atomic mass is 10.2. The summed E-state index contributed by atoms with van der Waals surface area (Å²) in [5.74, 6) is -0.0232. The minimum Gasteiger partial charge on any atom is -0.358 e. The first-order valence-electron chi connectivity index (χ1n) is 5.30. The first kappa shape index (κ1) is 14.2. The van der Waals surface area contributed by atoms with Gasteiger partial charge in [0.25, 0.3) is 0 Å². The van der Waals surface area contributed by atoms with E-state index >= 15 is 0 Å². The molecule has 1 amide bonds. The summed E-state index contributed by atoms with van der Waals surface area (Å²) in [4.78, 5) is 17.2. The molecule has 0 radical (unpaired) electrons. The quantitative estimate of drug-likeness (QED) is 0.836. The minimum absolute atomic E-state index is 0.0232. The van der Waals surface area contributed by atoms with E-state index in [0.717, 1.165) is 12.1 Å². The third kappa shape index (κ3) is 4.50. The van der Waals surface area contributed by atoms with Crippen molar-refractivity contribution in [2.45, 2.75) is 13.5 Å². The summed E-state index contributed by atoms with van der Waals surface area (Å²) >= 11 is 11.7. The standard InChI is InChI=1S/C11H15Cl2N3O/c1-3-16(7-10(17)14-2)6-8-4-5-9(12)15-11(8)13/h4-5H,3,6-7H2,1-2H3,(H,14,17). The maximum atomic E-state index is 11.3. The molecule has 0 atom stereocenters. The molecule has 1 rings (SSSR count). The number of halogens is 2. The second kappa shape index (κ2) is 6.79. The second-order valence-electron chi connectivity index (χ2n) is 3.56. The predicted octanol–water partition coefficient (Wildman–Crippen LogP) is 1.96. The van der Waals surface area contributed by atoms with Gasteiger partial charge in [0.05, 0.1) is 6.54 Å². The van der Waals surface area contributed by atoms with Crippen LogP contribution in [0.4, 0.5) is 0 Å². The Labute approximate surface area is 111 Å². The van der Waals surface area contributed by atoms with E-state index in [1.807, 2.05) is 17.9 Å². The average molecular weight is 276 g/mol. The molecule has 0 aliphatic heterocycles. The molecule has 1 aromatic rings. The number of likely N-dealkylation sites (N-methyl/N-ethyl adjacent to an activating group) is 2. The van der Waals surface area contributed by atoms with Gasteiger partial charge in [-0.15, -0.1) is 0 Å². The van der Waals surface area contributed by atoms with Crippen LogP contribution in [0.5, 0.6) is 0 Å². The van der Waals surface area contributed by atoms with Crippen LogP contribution in [-0.4, -0.2) is 35.9 Å². The van der Waals surface area contributed by atoms with Crippen molar-refractivity contribution < 1.29 is 4.79 Å². The Morgan fingerprint density at radius 3 is 2.71 bits per heavy atom. The molecule has 17 heavy (non-hydrogen) atoms. The monoisotopic (exact) mass is 275 g/mol. The smallest absolute Gasteiger partial charge is 0.233 e. The van der Waals surface area contributed by atoms with Gasteiger partial charge < -0.3 is 5.32 Å². The predicted molar refractivity (Wildman–Crippen MR) is 69.3 cm³/mol. The number of hydrogen-bond donors (Lipinski definition) is 1. The van der Waals surface area contributed by atoms with Gasteiger partial charge in [0.15, 0.2) is 0 Å². The number of carbonyl (C=O) groups excluding carboxylic acids is 1. The zero-order valence-corrected chi connectivity index (χ0v) is 11.3. The van der Waals surface area contributed by atoms with E-state index in [-0.39, 0.29) is 5.91 Å². The van der Waals surface area contributed by atoms with Crippen molar-refractivity contribution in [1.82, 2.24) is 15.2 Å². The SMILES string of the molecule is CCN(CC(=O)NC)Cc1ccc(Cl)nc1Cl. The fourth-order valence-corrected chi connectivity index (χ4v) is 1.77. The highest BCUT2D eigenvalue weighted by atomic mass is 35.5. The Morgan fingerprint density at radius 2 is 2.18 bits per heavy atom. The summed E-state index contributed by atoms with van der Waals surface area (Å²) in [6.07, 6.45) is 0. The summed E-state index contributed by atoms with van der Waals surface area (Å²) in [6.45, 7) is 3.66. The summed E-state index contributed by atoms with van der Waals surface area (Å²) in [6, 6.07) is 3.51. The van der Waals surface area contributed by atoms with Gasteiger partial charge in [0.2, 0.25) is 5.91 Å². The van der Waals surface area contributed by atoms with Crippen molar-refractivity contribution in [3.8, 4) is 0 Å². The maximum absolute atomic E-state index is 11.3. The van der Waals surface area contributed by atoms with Crippen molar-refractivity contribution in [3.05, 3.63) is 28.0 Å². The van der Waals surface area contributed by atoms with Crippen LogP contribution in [0, 0.1) is 0 Å². The fraction of sp³-hybridized carbons (Fsp3) is 0.455. The van der Waals surface area contributed by atoms with Crippen molar-refractivity contribution in [3.63, 3.8) is 0 Å². The van der Waals surface area contributed by atoms with Crippen LogP contribution in [0.15, 0.2) is 12.1 Å². The molecule has 0 bridgehead atoms. The molecule has 6 heteroatoms. The van der Waals surface area contributed by atoms with Gasteiger partial charge in [-0.3, -0.25) is 9.69 Å². The minimum atomic E-state index is -0.0232. The van der Waals surface area contributed by atoms with Crippen LogP contribution in [0.25, 0.3) is 0 Å². The van der Waals surface area contributed by atoms with Gasteiger partial charge in [-0.2, -0.15) is 0 Å². The van der Waals surface area contributed by atoms with Crippen molar-refractivity contribution in [1.29, 1.82) is 0 Å². The van der Waals surface area contributed by atoms with E-state index in [1.54, 1.807) is 13.1 Å². The van der Waals surface area contributed by atoms with E-state index in [0.29, 0.717) is 23.4 Å². The third-order valence-electron chi connectivity index (χ3n) is 2.38. The van der Waals surface area contributed by atoms with Gasteiger partial charge >= 0.3 is 0 Å². The number of nitrogens with one attached hydrogen (secondary N) is 1. The van der Waals surface area contributed by atoms with E-state index < -0.39 is 0 Å². The molecule has 1 heterocycles. The summed E-state index contributed by atoms with van der Waals surface area (Å²) < 4.78 is 0. The number of pyridine rings is 1. The lowest BCUT2D eigenvalue weighted by Gasteiger charge is -2.19. The molecule has 0 saturated heterocycles. The zero-order chi connectivity index (χ0) is 12.8. The van der Waals surface area contributed by atoms with Gasteiger partial charge in [-0.25, -0.2) is 4.98 Å². The van der Waals surface area contributed by atoms with E-state index in [9.17, 15) is 4.79 Å². The van der Waals surface area contributed by atoms with Gasteiger partial charge in [-0.05, 0) is 12.6 Å². The number of nitrogens with zero attached hydrogens (tertiary/aromatic N) is 2. The topological polar surface area (TPSA) is 45.2 Å². The average Bonchev–Trinajstić information content (AvgIpc) is 2.31. The molecule has 0 spiro atoms. The lowest BCUT2D eigenvalue weighted by Crippen LogP contribution is -2.35. The van der Waals surface area contributed by atoms with Crippen LogP contribution in [0.1, 0.15) is 12.5 Å². The van der Waals surface area contributed by atoms with Crippen LogP contribution < -0.4 is 5.32 Å². The fourth-order valence-electron chi connectivity index (χ4n) is 1.36. The number of aromatic nitrogens is 1. The van der Waals surface area contributed by atoms with Crippen molar-refractivity contribution >= 4 is 29.1 Å². The van der Waals surface area contributed by atoms with E-state index in [2.05, 4.69) is 10.3 Å². The molecule has 0 saturated carbocycles. The highest BCUT2D eigenvalue weighted by Crippen LogP contribution is 2.18. The first-order valence-corrected chi connectivity index (χ1v) is 6.06. The van der Waals surface area contributed by atoms with Crippen molar-refractivity contribution in [2.75, 3.05) is 20.1 Å². The van der Waals surface area contributed by atoms with Crippen LogP contribution in [0.3, 0.4) is 0 Å². The molecule has 1 N–H and O–H groups in total. The molecule has 0 fully saturated rings. The molecule has 0 aliphatic carbocycles. The number of hydrogen-bond acceptors (Lipinski definition) is 3. The molecular weight excluding hydrogens is 261 g/mol. The highest BCUT2D eigenvalue weighted by molar-refractivity contribution is 6.32. The third-order valence-corrected chi connectivity index (χ3v) is 2.92. The first-order chi connectivity index (χ1) is 8.06. The Bertz CT molecular complexity index is 398. The molecule has 94 valence electrons. The second-order valence-corrected chi connectivity index (χ2v) is 4.31. The number of rotatable bonds is 5. The Hall–Kier alpha value is -0.840. The number of carbonyl (C=O) groups is 1. The van der Waals surface area contributed by atoms with Crippen LogP contribution in [0.2, 0.25) is 10.3 Å². The zero-order valence-electron chi connectivity index (χ0n) is 9.83. The lowest BCUT2D eigenvalue weighted by molar-refractivity contribution is -0.121. The largest absolute Gasteiger partial charge is 0.358 e. The van der Waals surface area contributed by atoms with Crippen molar-refractivity contribution in [2.24, 2.45) is 0 Å². The molecular formula is C11H15Cl2N3O. The molecule has 0 aliphatic rings.